The van der Waals surface area contributed by atoms with Crippen molar-refractivity contribution in [1.82, 2.24) is 10.1 Å². The predicted octanol–water partition coefficient (Wildman–Crippen LogP) is 5.14. The van der Waals surface area contributed by atoms with Crippen molar-refractivity contribution in [2.75, 3.05) is 0 Å². The molecule has 0 atom stereocenters. The maximum absolute atomic E-state index is 13.0. The minimum Gasteiger partial charge on any atom is -0.478 e. The van der Waals surface area contributed by atoms with Crippen LogP contribution in [0.3, 0.4) is 0 Å². The lowest BCUT2D eigenvalue weighted by Gasteiger charge is -2.12. The third-order valence-electron chi connectivity index (χ3n) is 3.66. The quantitative estimate of drug-likeness (QED) is 0.614. The average Bonchev–Trinajstić information content (AvgIpc) is 3.10. The number of nitrogens with zero attached hydrogens (tertiary/aromatic N) is 2. The van der Waals surface area contributed by atoms with Crippen LogP contribution >= 0.6 is 0 Å². The van der Waals surface area contributed by atoms with Crippen molar-refractivity contribution >= 4 is 5.97 Å². The summed E-state index contributed by atoms with van der Waals surface area (Å²) in [5.74, 6) is -2.24. The van der Waals surface area contributed by atoms with E-state index in [9.17, 15) is 31.1 Å². The molecule has 0 saturated carbocycles. The van der Waals surface area contributed by atoms with Crippen LogP contribution in [0.2, 0.25) is 0 Å². The Morgan fingerprint density at radius 3 is 2.04 bits per heavy atom. The maximum atomic E-state index is 13.0. The van der Waals surface area contributed by atoms with Crippen LogP contribution in [0.25, 0.3) is 22.8 Å². The molecule has 1 aromatic heterocycles. The van der Waals surface area contributed by atoms with Crippen molar-refractivity contribution in [2.45, 2.75) is 12.4 Å². The lowest BCUT2D eigenvalue weighted by atomic mass is 10.0. The molecule has 146 valence electrons. The van der Waals surface area contributed by atoms with Crippen LogP contribution < -0.4 is 0 Å². The van der Waals surface area contributed by atoms with E-state index in [1.54, 1.807) is 0 Å². The van der Waals surface area contributed by atoms with Crippen LogP contribution in [0.1, 0.15) is 21.5 Å². The van der Waals surface area contributed by atoms with Crippen molar-refractivity contribution in [3.63, 3.8) is 0 Å². The highest BCUT2D eigenvalue weighted by molar-refractivity contribution is 5.94. The SMILES string of the molecule is O=C(O)c1ccccc1-c1nc(-c2cc(C(F)(F)F)cc(C(F)(F)F)c2)no1. The van der Waals surface area contributed by atoms with E-state index >= 15 is 0 Å². The maximum Gasteiger partial charge on any atom is 0.416 e. The van der Waals surface area contributed by atoms with Gasteiger partial charge in [-0.05, 0) is 30.3 Å². The van der Waals surface area contributed by atoms with Gasteiger partial charge in [0.05, 0.1) is 22.3 Å². The van der Waals surface area contributed by atoms with Crippen LogP contribution in [0.15, 0.2) is 47.0 Å². The van der Waals surface area contributed by atoms with E-state index in [0.29, 0.717) is 12.1 Å². The van der Waals surface area contributed by atoms with Crippen molar-refractivity contribution in [3.05, 3.63) is 59.2 Å². The minimum absolute atomic E-state index is 0.0236. The smallest absolute Gasteiger partial charge is 0.416 e. The van der Waals surface area contributed by atoms with Crippen LogP contribution in [0.5, 0.6) is 0 Å². The number of hydrogen-bond acceptors (Lipinski definition) is 4. The third kappa shape index (κ3) is 3.82. The van der Waals surface area contributed by atoms with E-state index in [-0.39, 0.29) is 23.1 Å². The number of halogens is 6. The Balaban J connectivity index is 2.13. The van der Waals surface area contributed by atoms with Crippen LogP contribution in [0.4, 0.5) is 26.3 Å². The molecule has 0 unspecified atom stereocenters. The molecule has 0 radical (unpaired) electrons. The summed E-state index contributed by atoms with van der Waals surface area (Å²) in [4.78, 5) is 15.0. The number of hydrogen-bond donors (Lipinski definition) is 1. The van der Waals surface area contributed by atoms with Gasteiger partial charge in [0.15, 0.2) is 0 Å². The highest BCUT2D eigenvalue weighted by Crippen LogP contribution is 2.38. The van der Waals surface area contributed by atoms with Gasteiger partial charge in [0.2, 0.25) is 5.82 Å². The van der Waals surface area contributed by atoms with Gasteiger partial charge in [0, 0.05) is 5.56 Å². The number of carbonyl (C=O) groups is 1. The molecule has 0 bridgehead atoms. The minimum atomic E-state index is -5.03. The average molecular weight is 402 g/mol. The van der Waals surface area contributed by atoms with E-state index in [4.69, 9.17) is 9.63 Å². The van der Waals surface area contributed by atoms with Crippen molar-refractivity contribution in [2.24, 2.45) is 0 Å². The van der Waals surface area contributed by atoms with Gasteiger partial charge in [-0.3, -0.25) is 0 Å². The zero-order chi connectivity index (χ0) is 20.7. The van der Waals surface area contributed by atoms with Gasteiger partial charge in [0.1, 0.15) is 0 Å². The van der Waals surface area contributed by atoms with Gasteiger partial charge in [0.25, 0.3) is 5.89 Å². The number of benzene rings is 2. The van der Waals surface area contributed by atoms with Crippen LogP contribution in [-0.2, 0) is 12.4 Å². The van der Waals surface area contributed by atoms with Gasteiger partial charge < -0.3 is 9.63 Å². The first-order chi connectivity index (χ1) is 13.0. The predicted molar refractivity (Wildman–Crippen MR) is 82.1 cm³/mol. The number of rotatable bonds is 3. The van der Waals surface area contributed by atoms with Gasteiger partial charge in [-0.1, -0.05) is 17.3 Å². The third-order valence-corrected chi connectivity index (χ3v) is 3.66. The van der Waals surface area contributed by atoms with E-state index in [1.807, 2.05) is 0 Å². The Morgan fingerprint density at radius 1 is 0.929 bits per heavy atom. The molecule has 0 aliphatic carbocycles. The lowest BCUT2D eigenvalue weighted by molar-refractivity contribution is -0.143. The Morgan fingerprint density at radius 2 is 1.50 bits per heavy atom. The molecular weight excluding hydrogens is 394 g/mol. The van der Waals surface area contributed by atoms with Crippen LogP contribution in [-0.4, -0.2) is 21.2 Å². The summed E-state index contributed by atoms with van der Waals surface area (Å²) in [6.45, 7) is 0. The molecule has 5 nitrogen and oxygen atoms in total. The monoisotopic (exact) mass is 402 g/mol. The Kier molecular flexibility index (Phi) is 4.61. The molecule has 3 rings (SSSR count). The van der Waals surface area contributed by atoms with Crippen molar-refractivity contribution < 1.29 is 40.8 Å². The molecule has 0 aliphatic heterocycles. The molecule has 2 aromatic carbocycles. The fourth-order valence-electron chi connectivity index (χ4n) is 2.39. The standard InChI is InChI=1S/C17H8F6N2O3/c18-16(19,20)9-5-8(6-10(7-9)17(21,22)23)13-24-14(28-25-13)11-3-1-2-4-12(11)15(26)27/h1-7H,(H,26,27). The van der Waals surface area contributed by atoms with E-state index in [0.717, 1.165) is 0 Å². The van der Waals surface area contributed by atoms with Gasteiger partial charge in [-0.25, -0.2) is 4.79 Å². The van der Waals surface area contributed by atoms with Crippen LogP contribution in [0, 0.1) is 0 Å². The topological polar surface area (TPSA) is 76.2 Å². The molecule has 1 N–H and O–H groups in total. The highest BCUT2D eigenvalue weighted by Gasteiger charge is 2.37. The number of alkyl halides is 6. The van der Waals surface area contributed by atoms with Gasteiger partial charge in [-0.15, -0.1) is 0 Å². The summed E-state index contributed by atoms with van der Waals surface area (Å²) in [6, 6.07) is 6.30. The summed E-state index contributed by atoms with van der Waals surface area (Å²) < 4.78 is 82.7. The number of aromatic nitrogens is 2. The zero-order valence-corrected chi connectivity index (χ0v) is 13.5. The molecule has 0 spiro atoms. The van der Waals surface area contributed by atoms with Crippen molar-refractivity contribution in [3.8, 4) is 22.8 Å². The fourth-order valence-corrected chi connectivity index (χ4v) is 2.39. The van der Waals surface area contributed by atoms with E-state index < -0.39 is 40.8 Å². The molecule has 0 amide bonds. The summed E-state index contributed by atoms with van der Waals surface area (Å²) in [7, 11) is 0. The van der Waals surface area contributed by atoms with Gasteiger partial charge >= 0.3 is 18.3 Å². The molecule has 1 heterocycles. The number of carboxylic acid groups (broad SMARTS) is 1. The molecule has 3 aromatic rings. The summed E-state index contributed by atoms with van der Waals surface area (Å²) in [5.41, 5.74) is -3.90. The molecule has 0 fully saturated rings. The normalized spacial score (nSPS) is 12.2. The molecular formula is C17H8F6N2O3. The Bertz CT molecular complexity index is 1010. The first-order valence-corrected chi connectivity index (χ1v) is 7.43. The van der Waals surface area contributed by atoms with E-state index in [1.165, 1.54) is 24.3 Å². The zero-order valence-electron chi connectivity index (χ0n) is 13.5. The highest BCUT2D eigenvalue weighted by atomic mass is 19.4. The fraction of sp³-hybridized carbons (Fsp3) is 0.118. The lowest BCUT2D eigenvalue weighted by Crippen LogP contribution is -2.11. The molecule has 11 heteroatoms. The largest absolute Gasteiger partial charge is 0.478 e. The summed E-state index contributed by atoms with van der Waals surface area (Å²) >= 11 is 0. The molecule has 28 heavy (non-hydrogen) atoms. The first-order valence-electron chi connectivity index (χ1n) is 7.43. The second-order valence-corrected chi connectivity index (χ2v) is 5.57. The Hall–Kier alpha value is -3.37. The second kappa shape index (κ2) is 6.66. The number of aromatic carboxylic acids is 1. The summed E-state index contributed by atoms with van der Waals surface area (Å²) in [5, 5.41) is 12.6. The van der Waals surface area contributed by atoms with Crippen molar-refractivity contribution in [1.29, 1.82) is 0 Å². The first kappa shape index (κ1) is 19.4. The number of carboxylic acids is 1. The second-order valence-electron chi connectivity index (χ2n) is 5.57. The van der Waals surface area contributed by atoms with E-state index in [2.05, 4.69) is 10.1 Å². The molecule has 0 aliphatic rings. The summed E-state index contributed by atoms with van der Waals surface area (Å²) in [6.07, 6.45) is -10.1. The van der Waals surface area contributed by atoms with Gasteiger partial charge in [-0.2, -0.15) is 31.3 Å². The Labute approximate surface area is 152 Å². The molecule has 0 saturated heterocycles.